The Morgan fingerprint density at radius 3 is 2.58 bits per heavy atom. The van der Waals surface area contributed by atoms with Gasteiger partial charge in [-0.2, -0.15) is 11.8 Å². The third-order valence-corrected chi connectivity index (χ3v) is 5.58. The van der Waals surface area contributed by atoms with Gasteiger partial charge in [-0.05, 0) is 43.1 Å². The highest BCUT2D eigenvalue weighted by Crippen LogP contribution is 2.31. The fourth-order valence-corrected chi connectivity index (χ4v) is 4.16. The van der Waals surface area contributed by atoms with Crippen molar-refractivity contribution in [3.8, 4) is 0 Å². The summed E-state index contributed by atoms with van der Waals surface area (Å²) in [5, 5.41) is 3.07. The lowest BCUT2D eigenvalue weighted by molar-refractivity contribution is -0.131. The Labute approximate surface area is 124 Å². The van der Waals surface area contributed by atoms with Gasteiger partial charge >= 0.3 is 0 Å². The van der Waals surface area contributed by atoms with Crippen LogP contribution in [-0.4, -0.2) is 42.2 Å². The van der Waals surface area contributed by atoms with Crippen LogP contribution in [0.2, 0.25) is 0 Å². The second-order valence-electron chi connectivity index (χ2n) is 5.32. The fraction of sp³-hybridized carbons (Fsp3) is 0.846. The molecule has 1 amide bonds. The number of nitrogens with one attached hydrogen (secondary N) is 1. The number of hydrogen-bond donors (Lipinski definition) is 2. The summed E-state index contributed by atoms with van der Waals surface area (Å²) in [5.74, 6) is 3.01. The highest BCUT2D eigenvalue weighted by Gasteiger charge is 2.42. The van der Waals surface area contributed by atoms with E-state index in [-0.39, 0.29) is 5.91 Å². The minimum Gasteiger partial charge on any atom is -0.392 e. The van der Waals surface area contributed by atoms with Crippen LogP contribution in [0.3, 0.4) is 0 Å². The lowest BCUT2D eigenvalue weighted by atomic mass is 9.79. The third kappa shape index (κ3) is 3.61. The maximum atomic E-state index is 12.5. The second kappa shape index (κ2) is 6.90. The fourth-order valence-electron chi connectivity index (χ4n) is 2.66. The van der Waals surface area contributed by atoms with E-state index in [0.29, 0.717) is 37.0 Å². The molecule has 0 aromatic carbocycles. The average Bonchev–Trinajstić information content (AvgIpc) is 2.46. The second-order valence-corrected chi connectivity index (χ2v) is 6.99. The zero-order valence-corrected chi connectivity index (χ0v) is 12.8. The summed E-state index contributed by atoms with van der Waals surface area (Å²) in [5.41, 5.74) is 5.14. The minimum absolute atomic E-state index is 0.00141. The van der Waals surface area contributed by atoms with Gasteiger partial charge in [-0.25, -0.2) is 0 Å². The Kier molecular flexibility index (Phi) is 5.47. The Balaban J connectivity index is 1.90. The molecule has 2 aliphatic heterocycles. The van der Waals surface area contributed by atoms with Crippen LogP contribution < -0.4 is 11.1 Å². The molecule has 2 fully saturated rings. The van der Waals surface area contributed by atoms with Gasteiger partial charge in [-0.3, -0.25) is 4.79 Å². The molecule has 2 saturated heterocycles. The van der Waals surface area contributed by atoms with Crippen molar-refractivity contribution in [3.05, 3.63) is 0 Å². The van der Waals surface area contributed by atoms with Gasteiger partial charge in [0.25, 0.3) is 0 Å². The highest BCUT2D eigenvalue weighted by molar-refractivity contribution is 7.99. The van der Waals surface area contributed by atoms with E-state index in [9.17, 15) is 4.79 Å². The summed E-state index contributed by atoms with van der Waals surface area (Å²) in [6, 6.07) is 0. The molecule has 2 aliphatic rings. The summed E-state index contributed by atoms with van der Waals surface area (Å²) in [6.45, 7) is 1.88. The van der Waals surface area contributed by atoms with Gasteiger partial charge in [0.2, 0.25) is 5.91 Å². The van der Waals surface area contributed by atoms with E-state index in [4.69, 9.17) is 22.7 Å². The minimum atomic E-state index is -0.684. The molecule has 4 nitrogen and oxygen atoms in total. The van der Waals surface area contributed by atoms with Crippen LogP contribution in [0.15, 0.2) is 0 Å². The standard InChI is InChI=1S/C13H22N2O2S2/c14-11(18)13(3-5-17-6-4-13)12(16)15-9-10-1-7-19-8-2-10/h10H,1-9H2,(H2,14,18)(H,15,16). The maximum absolute atomic E-state index is 12.5. The van der Waals surface area contributed by atoms with Crippen molar-refractivity contribution < 1.29 is 9.53 Å². The van der Waals surface area contributed by atoms with Crippen molar-refractivity contribution in [2.24, 2.45) is 17.1 Å². The molecule has 6 heteroatoms. The SMILES string of the molecule is NC(=S)C1(C(=O)NCC2CCSCC2)CCOCC1. The van der Waals surface area contributed by atoms with Gasteiger partial charge in [-0.1, -0.05) is 12.2 Å². The van der Waals surface area contributed by atoms with E-state index >= 15 is 0 Å². The maximum Gasteiger partial charge on any atom is 0.233 e. The normalized spacial score (nSPS) is 23.8. The lowest BCUT2D eigenvalue weighted by Crippen LogP contribution is -2.52. The number of thiocarbonyl (C=S) groups is 1. The summed E-state index contributed by atoms with van der Waals surface area (Å²) >= 11 is 7.13. The number of carbonyl (C=O) groups excluding carboxylic acids is 1. The molecule has 0 radical (unpaired) electrons. The molecule has 0 unspecified atom stereocenters. The molecular weight excluding hydrogens is 280 g/mol. The first kappa shape index (κ1) is 15.1. The van der Waals surface area contributed by atoms with Crippen LogP contribution in [-0.2, 0) is 9.53 Å². The Morgan fingerprint density at radius 1 is 1.37 bits per heavy atom. The van der Waals surface area contributed by atoms with E-state index in [1.54, 1.807) is 0 Å². The predicted octanol–water partition coefficient (Wildman–Crippen LogP) is 1.33. The van der Waals surface area contributed by atoms with Crippen LogP contribution in [0.4, 0.5) is 0 Å². The molecule has 3 N–H and O–H groups in total. The van der Waals surface area contributed by atoms with Gasteiger partial charge in [0.15, 0.2) is 0 Å². The Bertz CT molecular complexity index is 338. The number of carbonyl (C=O) groups is 1. The van der Waals surface area contributed by atoms with Crippen molar-refractivity contribution in [1.82, 2.24) is 5.32 Å². The number of amides is 1. The van der Waals surface area contributed by atoms with E-state index in [1.807, 2.05) is 11.8 Å². The monoisotopic (exact) mass is 302 g/mol. The van der Waals surface area contributed by atoms with E-state index in [0.717, 1.165) is 6.54 Å². The molecule has 108 valence electrons. The predicted molar refractivity (Wildman–Crippen MR) is 82.3 cm³/mol. The van der Waals surface area contributed by atoms with Crippen molar-refractivity contribution >= 4 is 34.9 Å². The topological polar surface area (TPSA) is 64.4 Å². The summed E-state index contributed by atoms with van der Waals surface area (Å²) in [4.78, 5) is 12.8. The smallest absolute Gasteiger partial charge is 0.233 e. The van der Waals surface area contributed by atoms with Gasteiger partial charge in [0, 0.05) is 19.8 Å². The van der Waals surface area contributed by atoms with Crippen LogP contribution in [0.1, 0.15) is 25.7 Å². The highest BCUT2D eigenvalue weighted by atomic mass is 32.2. The van der Waals surface area contributed by atoms with E-state index in [2.05, 4.69) is 5.32 Å². The number of rotatable bonds is 4. The first-order valence-electron chi connectivity index (χ1n) is 6.89. The summed E-state index contributed by atoms with van der Waals surface area (Å²) in [6.07, 6.45) is 3.59. The molecule has 0 aromatic heterocycles. The van der Waals surface area contributed by atoms with Crippen LogP contribution in [0, 0.1) is 11.3 Å². The number of nitrogens with two attached hydrogens (primary N) is 1. The largest absolute Gasteiger partial charge is 0.392 e. The average molecular weight is 302 g/mol. The first-order valence-corrected chi connectivity index (χ1v) is 8.45. The lowest BCUT2D eigenvalue weighted by Gasteiger charge is -2.35. The molecule has 0 saturated carbocycles. The molecular formula is C13H22N2O2S2. The van der Waals surface area contributed by atoms with Gasteiger partial charge in [0.1, 0.15) is 5.41 Å². The number of hydrogen-bond acceptors (Lipinski definition) is 4. The number of ether oxygens (including phenoxy) is 1. The molecule has 2 heterocycles. The van der Waals surface area contributed by atoms with Gasteiger partial charge in [0.05, 0.1) is 4.99 Å². The van der Waals surface area contributed by atoms with Gasteiger partial charge in [-0.15, -0.1) is 0 Å². The van der Waals surface area contributed by atoms with Crippen molar-refractivity contribution in [2.75, 3.05) is 31.3 Å². The quantitative estimate of drug-likeness (QED) is 0.767. The molecule has 0 spiro atoms. The molecule has 19 heavy (non-hydrogen) atoms. The van der Waals surface area contributed by atoms with E-state index < -0.39 is 5.41 Å². The van der Waals surface area contributed by atoms with Gasteiger partial charge < -0.3 is 15.8 Å². The first-order chi connectivity index (χ1) is 9.15. The Morgan fingerprint density at radius 2 is 2.00 bits per heavy atom. The Hall–Kier alpha value is -0.330. The zero-order chi connectivity index (χ0) is 13.7. The molecule has 0 atom stereocenters. The number of thioether (sulfide) groups is 1. The van der Waals surface area contributed by atoms with Crippen LogP contribution in [0.25, 0.3) is 0 Å². The molecule has 0 aromatic rings. The van der Waals surface area contributed by atoms with Crippen molar-refractivity contribution in [1.29, 1.82) is 0 Å². The zero-order valence-electron chi connectivity index (χ0n) is 11.2. The van der Waals surface area contributed by atoms with E-state index in [1.165, 1.54) is 24.3 Å². The molecule has 0 aliphatic carbocycles. The third-order valence-electron chi connectivity index (χ3n) is 4.14. The molecule has 2 rings (SSSR count). The molecule has 0 bridgehead atoms. The van der Waals surface area contributed by atoms with Crippen molar-refractivity contribution in [2.45, 2.75) is 25.7 Å². The van der Waals surface area contributed by atoms with Crippen LogP contribution in [0.5, 0.6) is 0 Å². The van der Waals surface area contributed by atoms with Crippen LogP contribution >= 0.6 is 24.0 Å². The summed E-state index contributed by atoms with van der Waals surface area (Å²) in [7, 11) is 0. The van der Waals surface area contributed by atoms with Crippen molar-refractivity contribution in [3.63, 3.8) is 0 Å². The summed E-state index contributed by atoms with van der Waals surface area (Å²) < 4.78 is 5.32.